The number of amides is 1. The highest BCUT2D eigenvalue weighted by molar-refractivity contribution is 5.83. The van der Waals surface area contributed by atoms with Crippen molar-refractivity contribution in [3.8, 4) is 0 Å². The number of aromatic amines is 1. The molecule has 1 heterocycles. The lowest BCUT2D eigenvalue weighted by Crippen LogP contribution is -2.15. The minimum absolute atomic E-state index is 0.223. The first-order chi connectivity index (χ1) is 10.2. The van der Waals surface area contributed by atoms with Gasteiger partial charge in [0, 0.05) is 6.07 Å². The quantitative estimate of drug-likeness (QED) is 0.887. The maximum Gasteiger partial charge on any atom is 0.412 e. The predicted molar refractivity (Wildman–Crippen MR) is 81.2 cm³/mol. The van der Waals surface area contributed by atoms with E-state index < -0.39 is 6.09 Å². The molecule has 0 bridgehead atoms. The van der Waals surface area contributed by atoms with Gasteiger partial charge in [-0.15, -0.1) is 0 Å². The Bertz CT molecular complexity index is 671. The Hall–Kier alpha value is -2.76. The number of aromatic nitrogens is 2. The first kappa shape index (κ1) is 14.6. The average molecular weight is 287 g/mol. The van der Waals surface area contributed by atoms with Crippen LogP contribution in [-0.4, -0.2) is 22.5 Å². The number of hydrogen-bond acceptors (Lipinski definition) is 3. The lowest BCUT2D eigenvalue weighted by molar-refractivity contribution is 0.168. The van der Waals surface area contributed by atoms with Crippen molar-refractivity contribution < 1.29 is 9.53 Å². The second-order valence-electron chi connectivity index (χ2n) is 4.28. The summed E-state index contributed by atoms with van der Waals surface area (Å²) in [7, 11) is 0. The maximum atomic E-state index is 11.7. The summed E-state index contributed by atoms with van der Waals surface area (Å²) in [6, 6.07) is 11.1. The molecular weight excluding hydrogens is 270 g/mol. The summed E-state index contributed by atoms with van der Waals surface area (Å²) in [6.45, 7) is 2.37. The van der Waals surface area contributed by atoms with Crippen LogP contribution in [0.25, 0.3) is 6.08 Å². The van der Waals surface area contributed by atoms with Crippen LogP contribution in [0.5, 0.6) is 0 Å². The van der Waals surface area contributed by atoms with Crippen molar-refractivity contribution in [2.45, 2.75) is 13.5 Å². The molecule has 1 amide bonds. The largest absolute Gasteiger partial charge is 0.450 e. The molecular formula is C15H17N3O3. The summed E-state index contributed by atoms with van der Waals surface area (Å²) in [6.07, 6.45) is 3.19. The van der Waals surface area contributed by atoms with Gasteiger partial charge in [-0.05, 0) is 12.5 Å². The van der Waals surface area contributed by atoms with Crippen LogP contribution in [0.4, 0.5) is 10.6 Å². The normalized spacial score (nSPS) is 10.7. The standard InChI is InChI=1S/C15H17N3O3/c1-2-21-15(20)16-13-11-14(19)18(17-13)10-6-9-12-7-4-3-5-8-12/h3-9,11,17H,2,10H2,1H3,(H,16,20). The van der Waals surface area contributed by atoms with Gasteiger partial charge in [0.1, 0.15) is 5.82 Å². The van der Waals surface area contributed by atoms with E-state index in [0.717, 1.165) is 5.56 Å². The number of rotatable bonds is 5. The first-order valence-corrected chi connectivity index (χ1v) is 6.64. The molecule has 1 aromatic heterocycles. The number of benzene rings is 1. The number of nitrogens with one attached hydrogen (secondary N) is 2. The molecule has 1 aromatic carbocycles. The van der Waals surface area contributed by atoms with Gasteiger partial charge in [0.25, 0.3) is 5.56 Å². The van der Waals surface area contributed by atoms with Gasteiger partial charge in [-0.25, -0.2) is 9.48 Å². The molecule has 0 atom stereocenters. The van der Waals surface area contributed by atoms with Crippen molar-refractivity contribution in [1.82, 2.24) is 9.78 Å². The fourth-order valence-corrected chi connectivity index (χ4v) is 1.77. The molecule has 0 radical (unpaired) electrons. The van der Waals surface area contributed by atoms with E-state index in [4.69, 9.17) is 4.74 Å². The highest BCUT2D eigenvalue weighted by Gasteiger charge is 2.06. The summed E-state index contributed by atoms with van der Waals surface area (Å²) < 4.78 is 6.13. The molecule has 2 N–H and O–H groups in total. The fraction of sp³-hybridized carbons (Fsp3) is 0.200. The van der Waals surface area contributed by atoms with E-state index in [-0.39, 0.29) is 12.2 Å². The molecule has 0 saturated heterocycles. The van der Waals surface area contributed by atoms with E-state index in [2.05, 4.69) is 10.4 Å². The third kappa shape index (κ3) is 4.38. The molecule has 0 saturated carbocycles. The molecule has 0 aliphatic heterocycles. The zero-order valence-corrected chi connectivity index (χ0v) is 11.7. The van der Waals surface area contributed by atoms with Gasteiger partial charge in [0.2, 0.25) is 0 Å². The summed E-state index contributed by atoms with van der Waals surface area (Å²) in [5.41, 5.74) is 0.835. The number of H-pyrrole nitrogens is 1. The second kappa shape index (κ2) is 7.14. The zero-order valence-electron chi connectivity index (χ0n) is 11.7. The van der Waals surface area contributed by atoms with Crippen LogP contribution in [0.2, 0.25) is 0 Å². The SMILES string of the molecule is CCOC(=O)Nc1cc(=O)n(CC=Cc2ccccc2)[nH]1. The van der Waals surface area contributed by atoms with Crippen LogP contribution < -0.4 is 10.9 Å². The Kier molecular flexibility index (Phi) is 4.98. The fourth-order valence-electron chi connectivity index (χ4n) is 1.77. The predicted octanol–water partition coefficient (Wildman–Crippen LogP) is 2.46. The molecule has 21 heavy (non-hydrogen) atoms. The van der Waals surface area contributed by atoms with Crippen molar-refractivity contribution in [3.63, 3.8) is 0 Å². The van der Waals surface area contributed by atoms with Gasteiger partial charge in [-0.2, -0.15) is 0 Å². The lowest BCUT2D eigenvalue weighted by Gasteiger charge is -2.02. The number of carbonyl (C=O) groups excluding carboxylic acids is 1. The molecule has 6 nitrogen and oxygen atoms in total. The van der Waals surface area contributed by atoms with Crippen LogP contribution in [0.15, 0.2) is 47.3 Å². The maximum absolute atomic E-state index is 11.7. The minimum Gasteiger partial charge on any atom is -0.450 e. The van der Waals surface area contributed by atoms with E-state index in [1.165, 1.54) is 10.7 Å². The first-order valence-electron chi connectivity index (χ1n) is 6.64. The number of nitrogens with zero attached hydrogens (tertiary/aromatic N) is 1. The smallest absolute Gasteiger partial charge is 0.412 e. The molecule has 0 aliphatic carbocycles. The summed E-state index contributed by atoms with van der Waals surface area (Å²) in [5.74, 6) is 0.312. The van der Waals surface area contributed by atoms with Crippen LogP contribution in [0.3, 0.4) is 0 Å². The van der Waals surface area contributed by atoms with Gasteiger partial charge in [-0.3, -0.25) is 15.2 Å². The molecule has 110 valence electrons. The molecule has 0 fully saturated rings. The van der Waals surface area contributed by atoms with E-state index >= 15 is 0 Å². The highest BCUT2D eigenvalue weighted by atomic mass is 16.5. The zero-order chi connectivity index (χ0) is 15.1. The third-order valence-electron chi connectivity index (χ3n) is 2.70. The van der Waals surface area contributed by atoms with Crippen LogP contribution >= 0.6 is 0 Å². The minimum atomic E-state index is -0.592. The van der Waals surface area contributed by atoms with E-state index in [0.29, 0.717) is 12.4 Å². The van der Waals surface area contributed by atoms with E-state index in [9.17, 15) is 9.59 Å². The molecule has 0 unspecified atom stereocenters. The molecule has 0 spiro atoms. The van der Waals surface area contributed by atoms with Crippen LogP contribution in [-0.2, 0) is 11.3 Å². The Labute approximate surface area is 122 Å². The summed E-state index contributed by atoms with van der Waals surface area (Å²) >= 11 is 0. The number of hydrogen-bond donors (Lipinski definition) is 2. The van der Waals surface area contributed by atoms with Crippen molar-refractivity contribution in [2.75, 3.05) is 11.9 Å². The second-order valence-corrected chi connectivity index (χ2v) is 4.28. The van der Waals surface area contributed by atoms with E-state index in [1.807, 2.05) is 42.5 Å². The van der Waals surface area contributed by atoms with Crippen molar-refractivity contribution in [2.24, 2.45) is 0 Å². The number of carbonyl (C=O) groups is 1. The molecule has 6 heteroatoms. The topological polar surface area (TPSA) is 76.1 Å². The number of anilines is 1. The van der Waals surface area contributed by atoms with Gasteiger partial charge < -0.3 is 4.74 Å². The Balaban J connectivity index is 1.98. The van der Waals surface area contributed by atoms with Crippen molar-refractivity contribution in [3.05, 3.63) is 58.4 Å². The van der Waals surface area contributed by atoms with Gasteiger partial charge in [0.15, 0.2) is 0 Å². The third-order valence-corrected chi connectivity index (χ3v) is 2.70. The summed E-state index contributed by atoms with van der Waals surface area (Å²) in [5, 5.41) is 5.25. The van der Waals surface area contributed by atoms with Gasteiger partial charge in [0.05, 0.1) is 13.2 Å². The Morgan fingerprint density at radius 2 is 2.14 bits per heavy atom. The van der Waals surface area contributed by atoms with Crippen molar-refractivity contribution in [1.29, 1.82) is 0 Å². The van der Waals surface area contributed by atoms with Gasteiger partial charge in [-0.1, -0.05) is 42.5 Å². The summed E-state index contributed by atoms with van der Waals surface area (Å²) in [4.78, 5) is 23.0. The molecule has 0 aliphatic rings. The van der Waals surface area contributed by atoms with Crippen molar-refractivity contribution >= 4 is 18.0 Å². The monoisotopic (exact) mass is 287 g/mol. The van der Waals surface area contributed by atoms with Gasteiger partial charge >= 0.3 is 6.09 Å². The lowest BCUT2D eigenvalue weighted by atomic mass is 10.2. The van der Waals surface area contributed by atoms with Crippen LogP contribution in [0, 0.1) is 0 Å². The Morgan fingerprint density at radius 1 is 1.38 bits per heavy atom. The average Bonchev–Trinajstić information content (AvgIpc) is 2.80. The van der Waals surface area contributed by atoms with E-state index in [1.54, 1.807) is 6.92 Å². The number of allylic oxidation sites excluding steroid dienone is 1. The Morgan fingerprint density at radius 3 is 2.86 bits per heavy atom. The molecule has 2 aromatic rings. The number of ether oxygens (including phenoxy) is 1. The molecule has 2 rings (SSSR count). The highest BCUT2D eigenvalue weighted by Crippen LogP contribution is 2.02. The van der Waals surface area contributed by atoms with Crippen LogP contribution in [0.1, 0.15) is 12.5 Å².